The Morgan fingerprint density at radius 1 is 1.16 bits per heavy atom. The molecule has 3 rings (SSSR count). The van der Waals surface area contributed by atoms with Crippen molar-refractivity contribution in [2.75, 3.05) is 25.9 Å². The Morgan fingerprint density at radius 3 is 2.56 bits per heavy atom. The van der Waals surface area contributed by atoms with Crippen LogP contribution in [0.3, 0.4) is 0 Å². The molecule has 2 fully saturated rings. The number of aryl methyl sites for hydroxylation is 1. The van der Waals surface area contributed by atoms with E-state index in [1.165, 1.54) is 10.5 Å². The van der Waals surface area contributed by atoms with E-state index >= 15 is 0 Å². The number of likely N-dealkylation sites (tertiary alicyclic amines) is 1. The summed E-state index contributed by atoms with van der Waals surface area (Å²) in [6, 6.07) is 8.23. The van der Waals surface area contributed by atoms with Gasteiger partial charge in [-0.15, -0.1) is 11.8 Å². The standard InChI is InChI=1S/C20H28N2O2S/c1-15-6-10-17(11-7-15)25-14-13-21(2)20(24)18-5-3-4-12-22(18)19(23)16-8-9-16/h6-7,10-11,16,18H,3-5,8-9,12-14H2,1-2H3/t18-/m1/s1. The van der Waals surface area contributed by atoms with Gasteiger partial charge in [0.15, 0.2) is 0 Å². The zero-order valence-electron chi connectivity index (χ0n) is 15.2. The highest BCUT2D eigenvalue weighted by Crippen LogP contribution is 2.33. The van der Waals surface area contributed by atoms with Crippen molar-refractivity contribution < 1.29 is 9.59 Å². The van der Waals surface area contributed by atoms with E-state index in [-0.39, 0.29) is 23.8 Å². The number of carbonyl (C=O) groups excluding carboxylic acids is 2. The summed E-state index contributed by atoms with van der Waals surface area (Å²) in [4.78, 5) is 30.3. The molecule has 1 aliphatic carbocycles. The van der Waals surface area contributed by atoms with Crippen LogP contribution in [0.4, 0.5) is 0 Å². The first-order valence-electron chi connectivity index (χ1n) is 9.31. The van der Waals surface area contributed by atoms with E-state index in [1.807, 2.05) is 16.8 Å². The summed E-state index contributed by atoms with van der Waals surface area (Å²) in [6.07, 6.45) is 4.87. The van der Waals surface area contributed by atoms with Gasteiger partial charge in [-0.1, -0.05) is 17.7 Å². The summed E-state index contributed by atoms with van der Waals surface area (Å²) in [6.45, 7) is 3.54. The van der Waals surface area contributed by atoms with E-state index in [2.05, 4.69) is 31.2 Å². The number of benzene rings is 1. The zero-order chi connectivity index (χ0) is 17.8. The molecule has 1 aromatic carbocycles. The lowest BCUT2D eigenvalue weighted by Crippen LogP contribution is -2.53. The third kappa shape index (κ3) is 4.78. The summed E-state index contributed by atoms with van der Waals surface area (Å²) in [5, 5.41) is 0. The van der Waals surface area contributed by atoms with Crippen LogP contribution in [-0.4, -0.2) is 53.5 Å². The third-order valence-corrected chi connectivity index (χ3v) is 6.08. The molecule has 1 atom stereocenters. The summed E-state index contributed by atoms with van der Waals surface area (Å²) in [5.74, 6) is 1.38. The Morgan fingerprint density at radius 2 is 1.88 bits per heavy atom. The van der Waals surface area contributed by atoms with Gasteiger partial charge >= 0.3 is 0 Å². The Kier molecular flexibility index (Phi) is 6.05. The summed E-state index contributed by atoms with van der Waals surface area (Å²) in [5.41, 5.74) is 1.26. The molecule has 2 amide bonds. The summed E-state index contributed by atoms with van der Waals surface area (Å²) < 4.78 is 0. The number of hydrogen-bond acceptors (Lipinski definition) is 3. The Balaban J connectivity index is 1.51. The van der Waals surface area contributed by atoms with Gasteiger partial charge in [-0.3, -0.25) is 9.59 Å². The molecule has 0 spiro atoms. The molecule has 0 unspecified atom stereocenters. The fraction of sp³-hybridized carbons (Fsp3) is 0.600. The normalized spacial score (nSPS) is 20.4. The van der Waals surface area contributed by atoms with Crippen molar-refractivity contribution in [3.8, 4) is 0 Å². The number of amides is 2. The van der Waals surface area contributed by atoms with Crippen LogP contribution < -0.4 is 0 Å². The molecular weight excluding hydrogens is 332 g/mol. The van der Waals surface area contributed by atoms with E-state index in [9.17, 15) is 9.59 Å². The number of piperidine rings is 1. The maximum atomic E-state index is 12.9. The van der Waals surface area contributed by atoms with Crippen LogP contribution in [0, 0.1) is 12.8 Å². The summed E-state index contributed by atoms with van der Waals surface area (Å²) >= 11 is 1.77. The highest BCUT2D eigenvalue weighted by atomic mass is 32.2. The highest BCUT2D eigenvalue weighted by molar-refractivity contribution is 7.99. The molecule has 0 bridgehead atoms. The Labute approximate surface area is 154 Å². The first-order valence-corrected chi connectivity index (χ1v) is 10.3. The third-order valence-electron chi connectivity index (χ3n) is 5.09. The highest BCUT2D eigenvalue weighted by Gasteiger charge is 2.40. The SMILES string of the molecule is Cc1ccc(SCCN(C)C(=O)[C@H]2CCCCN2C(=O)C2CC2)cc1. The Bertz CT molecular complexity index is 613. The number of thioether (sulfide) groups is 1. The van der Waals surface area contributed by atoms with E-state index in [4.69, 9.17) is 0 Å². The van der Waals surface area contributed by atoms with Crippen molar-refractivity contribution in [3.63, 3.8) is 0 Å². The van der Waals surface area contributed by atoms with Gasteiger partial charge in [0, 0.05) is 36.7 Å². The van der Waals surface area contributed by atoms with E-state index in [0.717, 1.165) is 44.4 Å². The first-order chi connectivity index (χ1) is 12.1. The average molecular weight is 361 g/mol. The van der Waals surface area contributed by atoms with Crippen LogP contribution in [0.25, 0.3) is 0 Å². The zero-order valence-corrected chi connectivity index (χ0v) is 16.1. The molecule has 0 aromatic heterocycles. The molecular formula is C20H28N2O2S. The van der Waals surface area contributed by atoms with Crippen molar-refractivity contribution in [1.29, 1.82) is 0 Å². The topological polar surface area (TPSA) is 40.6 Å². The van der Waals surface area contributed by atoms with Crippen molar-refractivity contribution in [1.82, 2.24) is 9.80 Å². The van der Waals surface area contributed by atoms with E-state index in [1.54, 1.807) is 11.8 Å². The second kappa shape index (κ2) is 8.26. The monoisotopic (exact) mass is 360 g/mol. The summed E-state index contributed by atoms with van der Waals surface area (Å²) in [7, 11) is 1.87. The second-order valence-electron chi connectivity index (χ2n) is 7.24. The molecule has 0 radical (unpaired) electrons. The number of rotatable bonds is 6. The lowest BCUT2D eigenvalue weighted by Gasteiger charge is -2.37. The minimum atomic E-state index is -0.240. The molecule has 1 aliphatic heterocycles. The molecule has 0 N–H and O–H groups in total. The molecule has 136 valence electrons. The van der Waals surface area contributed by atoms with Crippen molar-refractivity contribution in [2.24, 2.45) is 5.92 Å². The molecule has 2 aliphatic rings. The van der Waals surface area contributed by atoms with Crippen LogP contribution in [-0.2, 0) is 9.59 Å². The molecule has 1 saturated carbocycles. The van der Waals surface area contributed by atoms with Gasteiger partial charge in [0.25, 0.3) is 0 Å². The Hall–Kier alpha value is -1.49. The van der Waals surface area contributed by atoms with Gasteiger partial charge in [-0.2, -0.15) is 0 Å². The predicted molar refractivity (Wildman–Crippen MR) is 102 cm³/mol. The number of likely N-dealkylation sites (N-methyl/N-ethyl adjacent to an activating group) is 1. The van der Waals surface area contributed by atoms with Gasteiger partial charge in [-0.05, 0) is 51.2 Å². The number of nitrogens with zero attached hydrogens (tertiary/aromatic N) is 2. The minimum Gasteiger partial charge on any atom is -0.343 e. The van der Waals surface area contributed by atoms with Gasteiger partial charge < -0.3 is 9.80 Å². The smallest absolute Gasteiger partial charge is 0.245 e. The quantitative estimate of drug-likeness (QED) is 0.731. The number of carbonyl (C=O) groups is 2. The fourth-order valence-electron chi connectivity index (χ4n) is 3.32. The van der Waals surface area contributed by atoms with Gasteiger partial charge in [0.1, 0.15) is 6.04 Å². The van der Waals surface area contributed by atoms with Gasteiger partial charge in [0.2, 0.25) is 11.8 Å². The maximum Gasteiger partial charge on any atom is 0.245 e. The van der Waals surface area contributed by atoms with Crippen molar-refractivity contribution in [3.05, 3.63) is 29.8 Å². The van der Waals surface area contributed by atoms with Gasteiger partial charge in [-0.25, -0.2) is 0 Å². The van der Waals surface area contributed by atoms with Crippen LogP contribution >= 0.6 is 11.8 Å². The maximum absolute atomic E-state index is 12.9. The molecule has 1 aromatic rings. The fourth-order valence-corrected chi connectivity index (χ4v) is 4.25. The van der Waals surface area contributed by atoms with E-state index in [0.29, 0.717) is 6.54 Å². The van der Waals surface area contributed by atoms with Crippen LogP contribution in [0.1, 0.15) is 37.7 Å². The largest absolute Gasteiger partial charge is 0.343 e. The lowest BCUT2D eigenvalue weighted by atomic mass is 10.00. The predicted octanol–water partition coefficient (Wildman–Crippen LogP) is 3.34. The average Bonchev–Trinajstić information content (AvgIpc) is 3.47. The van der Waals surface area contributed by atoms with E-state index < -0.39 is 0 Å². The molecule has 1 saturated heterocycles. The molecule has 1 heterocycles. The second-order valence-corrected chi connectivity index (χ2v) is 8.41. The van der Waals surface area contributed by atoms with Crippen LogP contribution in [0.5, 0.6) is 0 Å². The van der Waals surface area contributed by atoms with Crippen LogP contribution in [0.2, 0.25) is 0 Å². The molecule has 5 heteroatoms. The minimum absolute atomic E-state index is 0.109. The first kappa shape index (κ1) is 18.3. The van der Waals surface area contributed by atoms with Gasteiger partial charge in [0.05, 0.1) is 0 Å². The molecule has 25 heavy (non-hydrogen) atoms. The van der Waals surface area contributed by atoms with Crippen LogP contribution in [0.15, 0.2) is 29.2 Å². The molecule has 4 nitrogen and oxygen atoms in total. The van der Waals surface area contributed by atoms with Crippen molar-refractivity contribution >= 4 is 23.6 Å². The lowest BCUT2D eigenvalue weighted by molar-refractivity contribution is -0.147. The van der Waals surface area contributed by atoms with Crippen molar-refractivity contribution in [2.45, 2.75) is 50.0 Å². The number of hydrogen-bond donors (Lipinski definition) is 0.